The largest absolute Gasteiger partial charge is 1.00 e. The van der Waals surface area contributed by atoms with Gasteiger partial charge in [-0.25, -0.2) is 25.3 Å². The first-order valence-corrected chi connectivity index (χ1v) is 36.4. The number of methoxy groups -OCH3 is 1. The van der Waals surface area contributed by atoms with Crippen molar-refractivity contribution in [3.63, 3.8) is 0 Å². The summed E-state index contributed by atoms with van der Waals surface area (Å²) in [6.07, 6.45) is -40.4. The number of cyclic esters (lactones) is 1. The molecule has 9 fully saturated rings. The second-order valence-corrected chi connectivity index (χ2v) is 32.2. The summed E-state index contributed by atoms with van der Waals surface area (Å²) < 4.78 is 191. The maximum Gasteiger partial charge on any atom is 1.00 e. The molecule has 1 spiro atoms. The molecule has 28 unspecified atom stereocenters. The number of hydrogen-bond donors (Lipinski definition) is 9. The van der Waals surface area contributed by atoms with Crippen LogP contribution in [0.2, 0.25) is 0 Å². The quantitative estimate of drug-likeness (QED) is 0.0151. The van der Waals surface area contributed by atoms with E-state index in [1.54, 1.807) is 0 Å². The topological polar surface area (TPSA) is 526 Å². The van der Waals surface area contributed by atoms with Crippen molar-refractivity contribution in [3.8, 4) is 0 Å². The zero-order valence-corrected chi connectivity index (χ0v) is 66.2. The van der Waals surface area contributed by atoms with E-state index in [4.69, 9.17) is 61.0 Å². The van der Waals surface area contributed by atoms with Crippen LogP contribution in [-0.2, 0) is 110 Å². The van der Waals surface area contributed by atoms with Crippen LogP contribution in [0.15, 0.2) is 11.6 Å². The van der Waals surface area contributed by atoms with Crippen LogP contribution in [0.3, 0.4) is 0 Å². The second kappa shape index (κ2) is 33.3. The van der Waals surface area contributed by atoms with Crippen molar-refractivity contribution in [1.82, 2.24) is 0 Å². The van der Waals surface area contributed by atoms with Crippen LogP contribution in [0.25, 0.3) is 0 Å². The van der Waals surface area contributed by atoms with E-state index in [1.165, 1.54) is 6.92 Å². The van der Waals surface area contributed by atoms with Gasteiger partial charge in [-0.15, -0.1) is 0 Å². The van der Waals surface area contributed by atoms with Crippen molar-refractivity contribution in [2.45, 2.75) is 266 Å². The minimum atomic E-state index is -5.60. The molecule has 0 aromatic rings. The molecule has 31 atom stereocenters. The van der Waals surface area contributed by atoms with Gasteiger partial charge in [0.05, 0.1) is 50.0 Å². The van der Waals surface area contributed by atoms with Crippen molar-refractivity contribution < 1.29 is 253 Å². The third-order valence-corrected chi connectivity index (χ3v) is 23.7. The van der Waals surface area contributed by atoms with Gasteiger partial charge in [0.25, 0.3) is 0 Å². The number of allylic oxidation sites excluding steroid dienone is 2. The number of aliphatic hydroxyl groups is 9. The molecular weight excluding hydrogens is 1430 g/mol. The zero-order valence-electron chi connectivity index (χ0n) is 57.8. The van der Waals surface area contributed by atoms with Gasteiger partial charge in [0, 0.05) is 18.9 Å². The number of esters is 1. The SMILES string of the molecule is COC1C(O)C(COS(=O)(=O)[O-])OC(OC2C(O)C(COS(=O)(=O)[O-])OC(OC3C(C)OC(OC4C(OC5CC[C@]6(C)C7CCC89C(=O)O[C@@](C)(CCCC(C)C)C8C(=O)C[C@@]9(C)C7=CCC6C5(C)C)OCC(OS(=O)(=O)[O-])C4O)C(OC4OCC(O)C(O)C4O)C3O)C2O)C1O.[Na+].[Na+].[Na+]. The summed E-state index contributed by atoms with van der Waals surface area (Å²) in [7, 11) is -15.6. The molecular formula is C59H91Na3O35S3. The molecule has 0 bridgehead atoms. The fourth-order valence-corrected chi connectivity index (χ4v) is 18.7. The molecule has 100 heavy (non-hydrogen) atoms. The van der Waals surface area contributed by atoms with Gasteiger partial charge < -0.3 is 116 Å². The van der Waals surface area contributed by atoms with Gasteiger partial charge in [0.15, 0.2) is 31.5 Å². The standard InChI is InChI=1S/C59H94O35S3.3Na/c1-24(2)11-10-16-58(8)48-28(60)19-57(7)27-12-13-33-55(4,5)34(15-17-56(33,6)26(27)14-18-59(48,57)54(70)93-58)88-52-46(38(65)32(21-82-52)94-97(77,78)79)92-53-47(91-49-39(66)35(62)29(61)20-81-49)40(67)43(25(3)85-53)89-51-42(69)45(37(64)31(87-51)23-84-96(74,75)76)90-50-41(68)44(80-9)36(63)30(86-50)22-83-95(71,72)73;;;/h12,24-26,29-53,61-69H,10-11,13-23H2,1-9H3,(H,71,72,73)(H,74,75,76)(H,77,78,79);;;/q;3*+1/p-3/t25?,26?,29?,30?,31?,32?,33?,34?,35?,36?,37?,38?,39?,40?,41?,42?,43?,44?,45?,46?,47?,48?,49?,50?,51?,52?,53?,56-,57+,58+,59?;;;/m1.../s1. The molecule has 0 aromatic heterocycles. The van der Waals surface area contributed by atoms with Gasteiger partial charge in [0.1, 0.15) is 115 Å². The fraction of sp³-hybridized carbons (Fsp3) is 0.932. The molecule has 0 amide bonds. The molecule has 558 valence electrons. The minimum Gasteiger partial charge on any atom is -0.726 e. The normalized spacial score (nSPS) is 46.5. The van der Waals surface area contributed by atoms with Crippen molar-refractivity contribution in [1.29, 1.82) is 0 Å². The molecule has 41 heteroatoms. The number of carbonyl (C=O) groups excluding carboxylic acids is 2. The molecule has 6 heterocycles. The summed E-state index contributed by atoms with van der Waals surface area (Å²) in [5.74, 6) is -0.709. The number of ether oxygens (including phenoxy) is 12. The molecule has 4 aliphatic carbocycles. The first-order valence-electron chi connectivity index (χ1n) is 32.4. The number of carbonyl (C=O) groups is 2. The summed E-state index contributed by atoms with van der Waals surface area (Å²) in [6.45, 7) is 11.6. The third-order valence-electron chi connectivity index (χ3n) is 22.4. The predicted molar refractivity (Wildman–Crippen MR) is 313 cm³/mol. The summed E-state index contributed by atoms with van der Waals surface area (Å²) >= 11 is 0. The molecule has 10 aliphatic rings. The maximum absolute atomic E-state index is 14.5. The Kier molecular flexibility index (Phi) is 29.3. The molecule has 10 rings (SSSR count). The summed E-state index contributed by atoms with van der Waals surface area (Å²) in [6, 6.07) is 0. The zero-order chi connectivity index (χ0) is 71.4. The number of fused-ring (bicyclic) bond motifs is 4. The Labute approximate surface area is 646 Å². The Morgan fingerprint density at radius 3 is 1.74 bits per heavy atom. The van der Waals surface area contributed by atoms with Gasteiger partial charge in [-0.3, -0.25) is 22.1 Å². The Morgan fingerprint density at radius 1 is 0.610 bits per heavy atom. The van der Waals surface area contributed by atoms with Gasteiger partial charge >= 0.3 is 94.6 Å². The molecule has 35 nitrogen and oxygen atoms in total. The van der Waals surface area contributed by atoms with Crippen LogP contribution >= 0.6 is 0 Å². The molecule has 3 saturated carbocycles. The number of Topliss-reactive ketones (excluding diaryl/α,β-unsaturated/α-hetero) is 1. The average molecular weight is 1530 g/mol. The van der Waals surface area contributed by atoms with Crippen LogP contribution < -0.4 is 88.7 Å². The first kappa shape index (κ1) is 87.9. The molecule has 9 N–H and O–H groups in total. The van der Waals surface area contributed by atoms with Gasteiger partial charge in [-0.2, -0.15) is 0 Å². The van der Waals surface area contributed by atoms with E-state index in [2.05, 4.69) is 35.2 Å². The molecule has 0 radical (unpaired) electrons. The van der Waals surface area contributed by atoms with E-state index < -0.39 is 238 Å². The Bertz CT molecular complexity index is 3220. The molecule has 0 aromatic carbocycles. The van der Waals surface area contributed by atoms with E-state index in [1.807, 2.05) is 27.7 Å². The van der Waals surface area contributed by atoms with Crippen LogP contribution in [0.4, 0.5) is 0 Å². The van der Waals surface area contributed by atoms with E-state index >= 15 is 0 Å². The van der Waals surface area contributed by atoms with E-state index in [0.717, 1.165) is 25.5 Å². The van der Waals surface area contributed by atoms with E-state index in [9.17, 15) is 94.5 Å². The van der Waals surface area contributed by atoms with Crippen LogP contribution in [0.5, 0.6) is 0 Å². The van der Waals surface area contributed by atoms with E-state index in [-0.39, 0.29) is 119 Å². The molecule has 6 aliphatic heterocycles. The smallest absolute Gasteiger partial charge is 0.726 e. The van der Waals surface area contributed by atoms with Crippen molar-refractivity contribution in [3.05, 3.63) is 11.6 Å². The summed E-state index contributed by atoms with van der Waals surface area (Å²) in [4.78, 5) is 29.0. The number of hydrogen-bond acceptors (Lipinski definition) is 35. The van der Waals surface area contributed by atoms with Gasteiger partial charge in [-0.1, -0.05) is 59.6 Å². The fourth-order valence-electron chi connectivity index (χ4n) is 17.6. The number of ketones is 1. The van der Waals surface area contributed by atoms with Crippen LogP contribution in [-0.4, -0.2) is 283 Å². The van der Waals surface area contributed by atoms with Crippen LogP contribution in [0, 0.1) is 45.3 Å². The summed E-state index contributed by atoms with van der Waals surface area (Å²) in [5, 5.41) is 102. The first-order chi connectivity index (χ1) is 45.0. The minimum absolute atomic E-state index is 0. The third kappa shape index (κ3) is 17.4. The van der Waals surface area contributed by atoms with Crippen molar-refractivity contribution >= 4 is 42.9 Å². The maximum atomic E-state index is 14.5. The molecule has 6 saturated heterocycles. The number of aliphatic hydroxyl groups excluding tert-OH is 9. The predicted octanol–water partition coefficient (Wildman–Crippen LogP) is -12.2. The van der Waals surface area contributed by atoms with E-state index in [0.29, 0.717) is 44.4 Å². The van der Waals surface area contributed by atoms with Crippen LogP contribution in [0.1, 0.15) is 113 Å². The van der Waals surface area contributed by atoms with Gasteiger partial charge in [0.2, 0.25) is 31.2 Å². The average Bonchev–Trinajstić information content (AvgIpc) is 1.47. The van der Waals surface area contributed by atoms with Crippen molar-refractivity contribution in [2.24, 2.45) is 45.3 Å². The Balaban J connectivity index is 0.00000468. The number of rotatable bonds is 23. The summed E-state index contributed by atoms with van der Waals surface area (Å²) in [5.41, 5.74) is -2.97. The van der Waals surface area contributed by atoms with Crippen molar-refractivity contribution in [2.75, 3.05) is 33.5 Å². The second-order valence-electron chi connectivity index (χ2n) is 29.1. The van der Waals surface area contributed by atoms with Gasteiger partial charge in [-0.05, 0) is 87.4 Å². The Hall–Kier alpha value is 0.690. The monoisotopic (exact) mass is 1520 g/mol. The Morgan fingerprint density at radius 2 is 1.16 bits per heavy atom.